The number of carbonyl (C=O) groups is 4. The Labute approximate surface area is 210 Å². The van der Waals surface area contributed by atoms with Crippen molar-refractivity contribution in [1.82, 2.24) is 0 Å². The highest BCUT2D eigenvalue weighted by Crippen LogP contribution is 2.42. The molecular weight excluding hydrogens is 460 g/mol. The van der Waals surface area contributed by atoms with Gasteiger partial charge in [0.05, 0.1) is 35.7 Å². The Kier molecular flexibility index (Phi) is 6.51. The van der Waals surface area contributed by atoms with Crippen LogP contribution in [0, 0.1) is 23.7 Å². The monoisotopic (exact) mass is 490 g/mol. The Balaban J connectivity index is 1.24. The highest BCUT2D eigenvalue weighted by Gasteiger charge is 2.50. The molecule has 2 heterocycles. The topological polar surface area (TPSA) is 93.2 Å². The van der Waals surface area contributed by atoms with E-state index in [4.69, 9.17) is 9.47 Å². The van der Waals surface area contributed by atoms with Gasteiger partial charge in [-0.1, -0.05) is 19.1 Å². The summed E-state index contributed by atoms with van der Waals surface area (Å²) in [7, 11) is 0. The standard InChI is InChI=1S/C28H30N2O6/c1-3-35-24-7-5-4-6-23(24)29-16-18(15-25(29)31)28(34)36-20-11-9-19(10-12-20)30-26(32)21-13-8-17(2)14-22(21)27(30)33/h4-7,9-12,17-18,21-22H,3,8,13-16H2,1-2H3/t17-,18-,21-,22-/m1/s1. The molecule has 3 fully saturated rings. The first-order chi connectivity index (χ1) is 17.4. The first kappa shape index (κ1) is 24.0. The van der Waals surface area contributed by atoms with Gasteiger partial charge in [-0.2, -0.15) is 0 Å². The van der Waals surface area contributed by atoms with E-state index in [0.29, 0.717) is 35.4 Å². The average molecular weight is 491 g/mol. The summed E-state index contributed by atoms with van der Waals surface area (Å²) in [6, 6.07) is 13.7. The van der Waals surface area contributed by atoms with Crippen molar-refractivity contribution in [2.45, 2.75) is 39.5 Å². The molecule has 0 N–H and O–H groups in total. The van der Waals surface area contributed by atoms with Gasteiger partial charge < -0.3 is 14.4 Å². The summed E-state index contributed by atoms with van der Waals surface area (Å²) in [6.45, 7) is 4.67. The number of ether oxygens (including phenoxy) is 2. The first-order valence-corrected chi connectivity index (χ1v) is 12.6. The van der Waals surface area contributed by atoms with Gasteiger partial charge in [0.1, 0.15) is 11.5 Å². The second kappa shape index (κ2) is 9.76. The van der Waals surface area contributed by atoms with Gasteiger partial charge in [-0.3, -0.25) is 24.1 Å². The van der Waals surface area contributed by atoms with Crippen LogP contribution < -0.4 is 19.3 Å². The smallest absolute Gasteiger partial charge is 0.316 e. The second-order valence-corrected chi connectivity index (χ2v) is 9.86. The fourth-order valence-electron chi connectivity index (χ4n) is 5.56. The zero-order valence-electron chi connectivity index (χ0n) is 20.5. The molecule has 1 saturated carbocycles. The number of amides is 3. The zero-order valence-corrected chi connectivity index (χ0v) is 20.5. The van der Waals surface area contributed by atoms with E-state index in [-0.39, 0.29) is 42.5 Å². The lowest BCUT2D eigenvalue weighted by Gasteiger charge is -2.25. The molecule has 3 aliphatic rings. The predicted octanol–water partition coefficient (Wildman–Crippen LogP) is 3.97. The van der Waals surface area contributed by atoms with Gasteiger partial charge in [-0.15, -0.1) is 0 Å². The van der Waals surface area contributed by atoms with Crippen LogP contribution in [0.2, 0.25) is 0 Å². The van der Waals surface area contributed by atoms with Crippen LogP contribution in [0.5, 0.6) is 11.5 Å². The third-order valence-corrected chi connectivity index (χ3v) is 7.42. The van der Waals surface area contributed by atoms with Crippen molar-refractivity contribution < 1.29 is 28.7 Å². The molecule has 2 aromatic rings. The number of carbonyl (C=O) groups excluding carboxylic acids is 4. The Morgan fingerprint density at radius 3 is 2.44 bits per heavy atom. The third kappa shape index (κ3) is 4.36. The van der Waals surface area contributed by atoms with Crippen molar-refractivity contribution in [3.05, 3.63) is 48.5 Å². The Morgan fingerprint density at radius 2 is 1.69 bits per heavy atom. The van der Waals surface area contributed by atoms with Gasteiger partial charge in [0, 0.05) is 13.0 Å². The minimum absolute atomic E-state index is 0.0509. The van der Waals surface area contributed by atoms with Crippen LogP contribution >= 0.6 is 0 Å². The van der Waals surface area contributed by atoms with Crippen LogP contribution in [0.25, 0.3) is 0 Å². The van der Waals surface area contributed by atoms with E-state index in [1.165, 1.54) is 4.90 Å². The highest BCUT2D eigenvalue weighted by atomic mass is 16.5. The molecule has 0 radical (unpaired) electrons. The van der Waals surface area contributed by atoms with Crippen molar-refractivity contribution in [3.63, 3.8) is 0 Å². The van der Waals surface area contributed by atoms with E-state index in [0.717, 1.165) is 19.3 Å². The van der Waals surface area contributed by atoms with Crippen molar-refractivity contribution >= 4 is 35.1 Å². The van der Waals surface area contributed by atoms with Crippen molar-refractivity contribution in [3.8, 4) is 11.5 Å². The first-order valence-electron chi connectivity index (χ1n) is 12.6. The van der Waals surface area contributed by atoms with E-state index < -0.39 is 11.9 Å². The Hall–Kier alpha value is -3.68. The molecular formula is C28H30N2O6. The third-order valence-electron chi connectivity index (χ3n) is 7.42. The molecule has 1 aliphatic carbocycles. The SMILES string of the molecule is CCOc1ccccc1N1C[C@H](C(=O)Oc2ccc(N3C(=O)[C@@H]4CC[C@@H](C)C[C@H]4C3=O)cc2)CC1=O. The summed E-state index contributed by atoms with van der Waals surface area (Å²) in [5, 5.41) is 0. The van der Waals surface area contributed by atoms with E-state index in [2.05, 4.69) is 6.92 Å². The van der Waals surface area contributed by atoms with Crippen LogP contribution in [0.3, 0.4) is 0 Å². The summed E-state index contributed by atoms with van der Waals surface area (Å²) in [4.78, 5) is 54.2. The van der Waals surface area contributed by atoms with Crippen molar-refractivity contribution in [2.24, 2.45) is 23.7 Å². The van der Waals surface area contributed by atoms with Crippen LogP contribution in [0.1, 0.15) is 39.5 Å². The summed E-state index contributed by atoms with van der Waals surface area (Å²) < 4.78 is 11.2. The fraction of sp³-hybridized carbons (Fsp3) is 0.429. The van der Waals surface area contributed by atoms with Crippen molar-refractivity contribution in [2.75, 3.05) is 23.0 Å². The van der Waals surface area contributed by atoms with Crippen LogP contribution in [0.4, 0.5) is 11.4 Å². The number of rotatable bonds is 6. The van der Waals surface area contributed by atoms with Crippen LogP contribution in [-0.4, -0.2) is 36.8 Å². The molecule has 36 heavy (non-hydrogen) atoms. The van der Waals surface area contributed by atoms with Gasteiger partial charge in [0.25, 0.3) is 0 Å². The van der Waals surface area contributed by atoms with Crippen molar-refractivity contribution in [1.29, 1.82) is 0 Å². The number of para-hydroxylation sites is 2. The number of hydrogen-bond donors (Lipinski definition) is 0. The Bertz CT molecular complexity index is 1190. The normalized spacial score (nSPS) is 25.8. The number of hydrogen-bond acceptors (Lipinski definition) is 6. The number of fused-ring (bicyclic) bond motifs is 1. The molecule has 0 aromatic heterocycles. The number of nitrogens with zero attached hydrogens (tertiary/aromatic N) is 2. The maximum Gasteiger partial charge on any atom is 0.316 e. The maximum absolute atomic E-state index is 13.0. The average Bonchev–Trinajstić information content (AvgIpc) is 3.37. The van der Waals surface area contributed by atoms with Crippen LogP contribution in [-0.2, 0) is 19.2 Å². The van der Waals surface area contributed by atoms with Gasteiger partial charge in [-0.05, 0) is 68.5 Å². The molecule has 4 atom stereocenters. The molecule has 2 saturated heterocycles. The predicted molar refractivity (Wildman–Crippen MR) is 133 cm³/mol. The van der Waals surface area contributed by atoms with Gasteiger partial charge >= 0.3 is 5.97 Å². The summed E-state index contributed by atoms with van der Waals surface area (Å²) >= 11 is 0. The minimum Gasteiger partial charge on any atom is -0.492 e. The van der Waals surface area contributed by atoms with Gasteiger partial charge in [-0.25, -0.2) is 0 Å². The molecule has 2 aromatic carbocycles. The summed E-state index contributed by atoms with van der Waals surface area (Å²) in [5.74, 6) is -0.697. The van der Waals surface area contributed by atoms with Crippen LogP contribution in [0.15, 0.2) is 48.5 Å². The number of imide groups is 1. The molecule has 0 spiro atoms. The summed E-state index contributed by atoms with van der Waals surface area (Å²) in [6.07, 6.45) is 2.50. The van der Waals surface area contributed by atoms with Gasteiger partial charge in [0.2, 0.25) is 17.7 Å². The molecule has 188 valence electrons. The second-order valence-electron chi connectivity index (χ2n) is 9.86. The van der Waals surface area contributed by atoms with Gasteiger partial charge in [0.15, 0.2) is 0 Å². The molecule has 0 unspecified atom stereocenters. The molecule has 0 bridgehead atoms. The molecule has 8 heteroatoms. The highest BCUT2D eigenvalue weighted by molar-refractivity contribution is 6.22. The fourth-order valence-corrected chi connectivity index (χ4v) is 5.56. The lowest BCUT2D eigenvalue weighted by Crippen LogP contribution is -2.30. The van der Waals surface area contributed by atoms with E-state index >= 15 is 0 Å². The number of anilines is 2. The van der Waals surface area contributed by atoms with E-state index in [9.17, 15) is 19.2 Å². The Morgan fingerprint density at radius 1 is 0.972 bits per heavy atom. The number of benzene rings is 2. The summed E-state index contributed by atoms with van der Waals surface area (Å²) in [5.41, 5.74) is 1.13. The largest absolute Gasteiger partial charge is 0.492 e. The van der Waals surface area contributed by atoms with E-state index in [1.807, 2.05) is 19.1 Å². The maximum atomic E-state index is 13.0. The minimum atomic E-state index is -0.612. The lowest BCUT2D eigenvalue weighted by atomic mass is 9.76. The molecule has 8 nitrogen and oxygen atoms in total. The zero-order chi connectivity index (χ0) is 25.4. The number of esters is 1. The lowest BCUT2D eigenvalue weighted by molar-refractivity contribution is -0.139. The van der Waals surface area contributed by atoms with E-state index in [1.54, 1.807) is 41.3 Å². The quantitative estimate of drug-likeness (QED) is 0.346. The molecule has 2 aliphatic heterocycles. The molecule has 5 rings (SSSR count). The molecule has 3 amide bonds.